The van der Waals surface area contributed by atoms with Crippen LogP contribution >= 0.6 is 15.9 Å². The number of aromatic nitrogens is 2. The molecule has 49 heavy (non-hydrogen) atoms. The average Bonchev–Trinajstić information content (AvgIpc) is 3.68. The van der Waals surface area contributed by atoms with Crippen LogP contribution in [0.15, 0.2) is 85.2 Å². The van der Waals surface area contributed by atoms with Gasteiger partial charge in [0.1, 0.15) is 0 Å². The van der Waals surface area contributed by atoms with Gasteiger partial charge in [0.15, 0.2) is 0 Å². The number of benzene rings is 2. The Morgan fingerprint density at radius 3 is 1.57 bits per heavy atom. The number of alkyl halides is 1. The standard InChI is InChI=1S/C22H28N2.C12H16N2.C10H13Br/c1-17(2)19-7-5-18(6-8-19)16-24-14-11-22(12-15-24)10-9-20-4-3-13-23-21(20)22;1-2-10-3-4-12(11(10)14-7-1)5-8-13-9-6-12;1-8(2)10-5-3-9(7-11)4-6-10/h3-8,13,17H,9-12,14-16H2,1-2H3;1-2,7,13H,3-6,8-9H2;3-6,8H,7H2,1-2H3. The van der Waals surface area contributed by atoms with Gasteiger partial charge < -0.3 is 5.32 Å². The molecule has 0 unspecified atom stereocenters. The Morgan fingerprint density at radius 1 is 0.633 bits per heavy atom. The summed E-state index contributed by atoms with van der Waals surface area (Å²) in [5.41, 5.74) is 12.2. The SMILES string of the molecule is CC(C)c1ccc(CBr)cc1.CC(C)c1ccc(CN2CCC3(CCc4cccnc43)CC2)cc1.c1cnc2c(c1)CCC21CCNCC1. The predicted octanol–water partition coefficient (Wildman–Crippen LogP) is 10.0. The molecule has 2 aliphatic heterocycles. The van der Waals surface area contributed by atoms with Crippen molar-refractivity contribution < 1.29 is 0 Å². The molecule has 2 spiro atoms. The number of hydrogen-bond donors (Lipinski definition) is 1. The van der Waals surface area contributed by atoms with Crippen molar-refractivity contribution in [3.63, 3.8) is 0 Å². The van der Waals surface area contributed by atoms with Crippen LogP contribution in [-0.2, 0) is 35.5 Å². The molecule has 260 valence electrons. The van der Waals surface area contributed by atoms with Gasteiger partial charge in [-0.3, -0.25) is 14.9 Å². The van der Waals surface area contributed by atoms with Crippen LogP contribution in [0.3, 0.4) is 0 Å². The van der Waals surface area contributed by atoms with E-state index < -0.39 is 0 Å². The summed E-state index contributed by atoms with van der Waals surface area (Å²) in [5.74, 6) is 1.25. The highest BCUT2D eigenvalue weighted by Gasteiger charge is 2.42. The number of hydrogen-bond acceptors (Lipinski definition) is 4. The summed E-state index contributed by atoms with van der Waals surface area (Å²) in [6.07, 6.45) is 14.1. The average molecular weight is 722 g/mol. The number of fused-ring (bicyclic) bond motifs is 4. The lowest BCUT2D eigenvalue weighted by Gasteiger charge is -2.39. The van der Waals surface area contributed by atoms with E-state index in [-0.39, 0.29) is 0 Å². The topological polar surface area (TPSA) is 41.1 Å². The fraction of sp³-hybridized carbons (Fsp3) is 0.500. The molecule has 2 aliphatic carbocycles. The Balaban J connectivity index is 0.000000141. The second-order valence-corrected chi connectivity index (χ2v) is 16.1. The Kier molecular flexibility index (Phi) is 12.1. The number of halogens is 1. The Bertz CT molecular complexity index is 1610. The highest BCUT2D eigenvalue weighted by molar-refractivity contribution is 9.08. The molecule has 2 aromatic heterocycles. The van der Waals surface area contributed by atoms with Gasteiger partial charge in [-0.05, 0) is 135 Å². The summed E-state index contributed by atoms with van der Waals surface area (Å²) in [7, 11) is 0. The number of pyridine rings is 2. The molecule has 0 saturated carbocycles. The Morgan fingerprint density at radius 2 is 1.10 bits per heavy atom. The third-order valence-electron chi connectivity index (χ3n) is 11.8. The summed E-state index contributed by atoms with van der Waals surface area (Å²) >= 11 is 3.42. The second-order valence-electron chi connectivity index (χ2n) is 15.5. The van der Waals surface area contributed by atoms with Gasteiger partial charge in [-0.2, -0.15) is 0 Å². The molecule has 0 atom stereocenters. The summed E-state index contributed by atoms with van der Waals surface area (Å²) in [5, 5.41) is 4.39. The molecule has 4 heterocycles. The van der Waals surface area contributed by atoms with Crippen LogP contribution < -0.4 is 5.32 Å². The highest BCUT2D eigenvalue weighted by Crippen LogP contribution is 2.45. The minimum Gasteiger partial charge on any atom is -0.317 e. The van der Waals surface area contributed by atoms with E-state index in [1.54, 1.807) is 0 Å². The number of nitrogens with zero attached hydrogens (tertiary/aromatic N) is 3. The number of piperidine rings is 2. The quantitative estimate of drug-likeness (QED) is 0.209. The molecule has 2 fully saturated rings. The first-order valence-corrected chi connectivity index (χ1v) is 20.0. The van der Waals surface area contributed by atoms with Gasteiger partial charge >= 0.3 is 0 Å². The van der Waals surface area contributed by atoms with E-state index in [0.29, 0.717) is 22.7 Å². The predicted molar refractivity (Wildman–Crippen MR) is 209 cm³/mol. The number of likely N-dealkylation sites (tertiary alicyclic amines) is 1. The molecule has 4 aliphatic rings. The van der Waals surface area contributed by atoms with Crippen molar-refractivity contribution in [1.29, 1.82) is 0 Å². The van der Waals surface area contributed by atoms with E-state index in [1.807, 2.05) is 12.4 Å². The molecule has 2 saturated heterocycles. The highest BCUT2D eigenvalue weighted by atomic mass is 79.9. The number of nitrogens with one attached hydrogen (secondary N) is 1. The maximum absolute atomic E-state index is 4.75. The van der Waals surface area contributed by atoms with Crippen LogP contribution in [0.4, 0.5) is 0 Å². The summed E-state index contributed by atoms with van der Waals surface area (Å²) in [6, 6.07) is 26.6. The normalized spacial score (nSPS) is 18.8. The van der Waals surface area contributed by atoms with Crippen LogP contribution in [0.1, 0.15) is 123 Å². The lowest BCUT2D eigenvalue weighted by Crippen LogP contribution is -2.41. The molecule has 0 radical (unpaired) electrons. The second kappa shape index (κ2) is 16.4. The molecular weight excluding hydrogens is 664 g/mol. The maximum Gasteiger partial charge on any atom is 0.0498 e. The zero-order valence-electron chi connectivity index (χ0n) is 30.4. The van der Waals surface area contributed by atoms with Gasteiger partial charge in [0.05, 0.1) is 0 Å². The van der Waals surface area contributed by atoms with Crippen LogP contribution in [0.2, 0.25) is 0 Å². The molecule has 1 N–H and O–H groups in total. The first kappa shape index (κ1) is 35.9. The Hall–Kier alpha value is -2.86. The van der Waals surface area contributed by atoms with Crippen molar-refractivity contribution >= 4 is 15.9 Å². The van der Waals surface area contributed by atoms with E-state index in [4.69, 9.17) is 4.98 Å². The third-order valence-corrected chi connectivity index (χ3v) is 12.4. The van der Waals surface area contributed by atoms with E-state index in [9.17, 15) is 0 Å². The molecular formula is C44H57BrN4. The van der Waals surface area contributed by atoms with Crippen molar-refractivity contribution in [3.8, 4) is 0 Å². The molecule has 8 rings (SSSR count). The largest absolute Gasteiger partial charge is 0.317 e. The third kappa shape index (κ3) is 8.55. The molecule has 0 amide bonds. The summed E-state index contributed by atoms with van der Waals surface area (Å²) in [4.78, 5) is 12.0. The molecule has 4 aromatic rings. The van der Waals surface area contributed by atoms with Crippen molar-refractivity contribution in [1.82, 2.24) is 20.2 Å². The smallest absolute Gasteiger partial charge is 0.0498 e. The minimum absolute atomic E-state index is 0.370. The van der Waals surface area contributed by atoms with Crippen LogP contribution in [0.25, 0.3) is 0 Å². The lowest BCUT2D eigenvalue weighted by molar-refractivity contribution is 0.150. The first-order valence-electron chi connectivity index (χ1n) is 18.9. The van der Waals surface area contributed by atoms with Gasteiger partial charge in [-0.25, -0.2) is 0 Å². The lowest BCUT2D eigenvalue weighted by atomic mass is 9.76. The fourth-order valence-corrected chi connectivity index (χ4v) is 8.87. The van der Waals surface area contributed by atoms with Crippen molar-refractivity contribution in [2.75, 3.05) is 26.2 Å². The molecule has 0 bridgehead atoms. The van der Waals surface area contributed by atoms with E-state index in [2.05, 4.69) is 132 Å². The zero-order chi connectivity index (χ0) is 34.3. The molecule has 2 aromatic carbocycles. The van der Waals surface area contributed by atoms with E-state index in [1.165, 1.54) is 109 Å². The van der Waals surface area contributed by atoms with Crippen molar-refractivity contribution in [3.05, 3.63) is 130 Å². The molecule has 5 heteroatoms. The van der Waals surface area contributed by atoms with E-state index >= 15 is 0 Å². The van der Waals surface area contributed by atoms with Crippen molar-refractivity contribution in [2.24, 2.45) is 0 Å². The fourth-order valence-electron chi connectivity index (χ4n) is 8.50. The van der Waals surface area contributed by atoms with Gasteiger partial charge in [0, 0.05) is 46.5 Å². The first-order chi connectivity index (χ1) is 23.8. The number of aryl methyl sites for hydroxylation is 2. The maximum atomic E-state index is 4.75. The monoisotopic (exact) mass is 720 g/mol. The van der Waals surface area contributed by atoms with Crippen molar-refractivity contribution in [2.45, 2.75) is 114 Å². The van der Waals surface area contributed by atoms with E-state index in [0.717, 1.165) is 25.0 Å². The molecule has 4 nitrogen and oxygen atoms in total. The van der Waals surface area contributed by atoms with Crippen LogP contribution in [0.5, 0.6) is 0 Å². The zero-order valence-corrected chi connectivity index (χ0v) is 31.9. The summed E-state index contributed by atoms with van der Waals surface area (Å²) in [6.45, 7) is 14.7. The van der Waals surface area contributed by atoms with Gasteiger partial charge in [-0.1, -0.05) is 104 Å². The van der Waals surface area contributed by atoms with Gasteiger partial charge in [0.25, 0.3) is 0 Å². The Labute approximate surface area is 304 Å². The number of rotatable bonds is 5. The summed E-state index contributed by atoms with van der Waals surface area (Å²) < 4.78 is 0. The van der Waals surface area contributed by atoms with Crippen LogP contribution in [-0.4, -0.2) is 41.0 Å². The van der Waals surface area contributed by atoms with Gasteiger partial charge in [-0.15, -0.1) is 0 Å². The minimum atomic E-state index is 0.370. The van der Waals surface area contributed by atoms with Gasteiger partial charge in [0.2, 0.25) is 0 Å². The van der Waals surface area contributed by atoms with Crippen LogP contribution in [0, 0.1) is 0 Å².